The zero-order valence-corrected chi connectivity index (χ0v) is 16.5. The number of ether oxygens (including phenoxy) is 1. The van der Waals surface area contributed by atoms with Gasteiger partial charge in [-0.05, 0) is 42.8 Å². The molecule has 9 heteroatoms. The topological polar surface area (TPSA) is 129 Å². The smallest absolute Gasteiger partial charge is 0.411 e. The molecule has 0 spiro atoms. The first-order valence-electron chi connectivity index (χ1n) is 8.84. The van der Waals surface area contributed by atoms with Crippen LogP contribution in [0, 0.1) is 0 Å². The van der Waals surface area contributed by atoms with Crippen LogP contribution in [-0.4, -0.2) is 39.8 Å². The highest BCUT2D eigenvalue weighted by atomic mass is 35.5. The van der Waals surface area contributed by atoms with Crippen molar-refractivity contribution in [2.45, 2.75) is 6.92 Å². The minimum atomic E-state index is -1.26. The minimum Gasteiger partial charge on any atom is -0.478 e. The Balaban J connectivity index is 2.12. The van der Waals surface area contributed by atoms with Crippen LogP contribution in [0.4, 0.5) is 10.5 Å². The molecular formula is C21H17ClN2O6. The van der Waals surface area contributed by atoms with Gasteiger partial charge in [-0.3, -0.25) is 5.32 Å². The quantitative estimate of drug-likeness (QED) is 0.421. The minimum absolute atomic E-state index is 0.152. The van der Waals surface area contributed by atoms with Crippen molar-refractivity contribution in [1.82, 2.24) is 4.98 Å². The van der Waals surface area contributed by atoms with Crippen molar-refractivity contribution >= 4 is 57.9 Å². The molecule has 0 saturated carbocycles. The molecule has 0 saturated heterocycles. The zero-order valence-electron chi connectivity index (χ0n) is 15.7. The summed E-state index contributed by atoms with van der Waals surface area (Å²) in [6.07, 6.45) is 0.610. The van der Waals surface area contributed by atoms with E-state index in [1.807, 2.05) is 0 Å². The lowest BCUT2D eigenvalue weighted by Gasteiger charge is -2.08. The standard InChI is InChI=1S/C21H17ClN2O6/c1-2-30-21(29)23-13-5-3-4-11(8-13)15(19(25)26)10-16-14-7-6-12(22)9-17(14)24-18(16)20(27)28/h3-10,24H,2H2,1H3,(H,23,29)(H,25,26)(H,27,28). The summed E-state index contributed by atoms with van der Waals surface area (Å²) >= 11 is 5.97. The molecule has 0 atom stereocenters. The second kappa shape index (κ2) is 8.71. The lowest BCUT2D eigenvalue weighted by atomic mass is 10.0. The maximum absolute atomic E-state index is 12.0. The van der Waals surface area contributed by atoms with Gasteiger partial charge in [0.2, 0.25) is 0 Å². The van der Waals surface area contributed by atoms with Crippen molar-refractivity contribution in [3.63, 3.8) is 0 Å². The Morgan fingerprint density at radius 3 is 2.60 bits per heavy atom. The summed E-state index contributed by atoms with van der Waals surface area (Å²) in [5.74, 6) is -2.50. The summed E-state index contributed by atoms with van der Waals surface area (Å²) in [5.41, 5.74) is 0.968. The molecule has 8 nitrogen and oxygen atoms in total. The number of carbonyl (C=O) groups is 3. The first-order chi connectivity index (χ1) is 14.3. The van der Waals surface area contributed by atoms with E-state index in [1.165, 1.54) is 12.1 Å². The van der Waals surface area contributed by atoms with E-state index < -0.39 is 18.0 Å². The fraction of sp³-hybridized carbons (Fsp3) is 0.0952. The third kappa shape index (κ3) is 4.44. The number of carbonyl (C=O) groups excluding carboxylic acids is 1. The Hall–Kier alpha value is -3.78. The Kier molecular flexibility index (Phi) is 6.08. The molecule has 1 amide bonds. The van der Waals surface area contributed by atoms with E-state index >= 15 is 0 Å². The predicted octanol–water partition coefficient (Wildman–Crippen LogP) is 4.71. The molecule has 0 bridgehead atoms. The van der Waals surface area contributed by atoms with E-state index in [-0.39, 0.29) is 29.0 Å². The molecule has 0 unspecified atom stereocenters. The highest BCUT2D eigenvalue weighted by Gasteiger charge is 2.19. The normalized spacial score (nSPS) is 11.3. The Bertz CT molecular complexity index is 1180. The maximum atomic E-state index is 12.0. The van der Waals surface area contributed by atoms with E-state index in [2.05, 4.69) is 10.3 Å². The number of benzene rings is 2. The second-order valence-electron chi connectivity index (χ2n) is 6.20. The van der Waals surface area contributed by atoms with Crippen molar-refractivity contribution in [3.05, 3.63) is 64.3 Å². The van der Waals surface area contributed by atoms with Gasteiger partial charge in [0.1, 0.15) is 5.69 Å². The fourth-order valence-corrected chi connectivity index (χ4v) is 3.14. The molecule has 3 rings (SSSR count). The molecule has 1 heterocycles. The maximum Gasteiger partial charge on any atom is 0.411 e. The average Bonchev–Trinajstić information content (AvgIpc) is 3.03. The van der Waals surface area contributed by atoms with Gasteiger partial charge in [-0.25, -0.2) is 14.4 Å². The number of aliphatic carboxylic acids is 1. The van der Waals surface area contributed by atoms with Gasteiger partial charge >= 0.3 is 18.0 Å². The Morgan fingerprint density at radius 2 is 1.93 bits per heavy atom. The Morgan fingerprint density at radius 1 is 1.17 bits per heavy atom. The molecular weight excluding hydrogens is 412 g/mol. The van der Waals surface area contributed by atoms with Gasteiger partial charge in [-0.1, -0.05) is 29.8 Å². The fourth-order valence-electron chi connectivity index (χ4n) is 2.97. The van der Waals surface area contributed by atoms with E-state index in [0.717, 1.165) is 0 Å². The van der Waals surface area contributed by atoms with Gasteiger partial charge in [0.05, 0.1) is 12.2 Å². The van der Waals surface area contributed by atoms with Crippen molar-refractivity contribution in [2.75, 3.05) is 11.9 Å². The van der Waals surface area contributed by atoms with Crippen molar-refractivity contribution in [2.24, 2.45) is 0 Å². The number of H-pyrrole nitrogens is 1. The summed E-state index contributed by atoms with van der Waals surface area (Å²) in [6.45, 7) is 1.85. The molecule has 3 aromatic rings. The zero-order chi connectivity index (χ0) is 21.8. The monoisotopic (exact) mass is 428 g/mol. The number of amides is 1. The molecule has 1 aromatic heterocycles. The molecule has 0 fully saturated rings. The number of carboxylic acid groups (broad SMARTS) is 2. The third-order valence-electron chi connectivity index (χ3n) is 4.23. The number of halogens is 1. The summed E-state index contributed by atoms with van der Waals surface area (Å²) in [6, 6.07) is 10.9. The molecule has 154 valence electrons. The SMILES string of the molecule is CCOC(=O)Nc1cccc(C(=Cc2c(C(=O)O)[nH]c3cc(Cl)ccc23)C(=O)O)c1. The number of anilines is 1. The van der Waals surface area contributed by atoms with Gasteiger partial charge in [-0.15, -0.1) is 0 Å². The van der Waals surface area contributed by atoms with E-state index in [4.69, 9.17) is 16.3 Å². The van der Waals surface area contributed by atoms with E-state index in [9.17, 15) is 24.6 Å². The molecule has 0 aliphatic heterocycles. The molecule has 30 heavy (non-hydrogen) atoms. The second-order valence-corrected chi connectivity index (χ2v) is 6.63. The van der Waals surface area contributed by atoms with Gasteiger partial charge in [0.15, 0.2) is 0 Å². The van der Waals surface area contributed by atoms with E-state index in [0.29, 0.717) is 21.6 Å². The number of fused-ring (bicyclic) bond motifs is 1. The van der Waals surface area contributed by atoms with Crippen LogP contribution in [0.25, 0.3) is 22.6 Å². The molecule has 0 aliphatic carbocycles. The predicted molar refractivity (Wildman–Crippen MR) is 113 cm³/mol. The van der Waals surface area contributed by atoms with E-state index in [1.54, 1.807) is 43.3 Å². The molecule has 4 N–H and O–H groups in total. The van der Waals surface area contributed by atoms with Gasteiger partial charge in [0, 0.05) is 27.2 Å². The summed E-state index contributed by atoms with van der Waals surface area (Å²) in [5, 5.41) is 22.7. The summed E-state index contributed by atoms with van der Waals surface area (Å²) in [4.78, 5) is 38.1. The summed E-state index contributed by atoms with van der Waals surface area (Å²) < 4.78 is 4.82. The van der Waals surface area contributed by atoms with Crippen LogP contribution in [0.3, 0.4) is 0 Å². The highest BCUT2D eigenvalue weighted by molar-refractivity contribution is 6.31. The number of nitrogens with one attached hydrogen (secondary N) is 2. The van der Waals surface area contributed by atoms with Crippen LogP contribution in [0.15, 0.2) is 42.5 Å². The number of rotatable bonds is 6. The van der Waals surface area contributed by atoms with Crippen LogP contribution in [0.2, 0.25) is 5.02 Å². The van der Waals surface area contributed by atoms with Crippen molar-refractivity contribution in [3.8, 4) is 0 Å². The molecule has 2 aromatic carbocycles. The number of hydrogen-bond acceptors (Lipinski definition) is 4. The first-order valence-corrected chi connectivity index (χ1v) is 9.21. The number of aromatic nitrogens is 1. The Labute approximate surface area is 175 Å². The lowest BCUT2D eigenvalue weighted by Crippen LogP contribution is -2.13. The molecule has 0 aliphatic rings. The number of aromatic carboxylic acids is 1. The summed E-state index contributed by atoms with van der Waals surface area (Å²) in [7, 11) is 0. The van der Waals surface area contributed by atoms with Gasteiger partial charge in [-0.2, -0.15) is 0 Å². The van der Waals surface area contributed by atoms with Crippen LogP contribution in [0.1, 0.15) is 28.5 Å². The average molecular weight is 429 g/mol. The van der Waals surface area contributed by atoms with Crippen LogP contribution < -0.4 is 5.32 Å². The van der Waals surface area contributed by atoms with Crippen LogP contribution in [0.5, 0.6) is 0 Å². The van der Waals surface area contributed by atoms with Crippen LogP contribution in [-0.2, 0) is 9.53 Å². The van der Waals surface area contributed by atoms with Crippen molar-refractivity contribution in [1.29, 1.82) is 0 Å². The van der Waals surface area contributed by atoms with Gasteiger partial charge in [0.25, 0.3) is 0 Å². The first kappa shape index (κ1) is 20.9. The lowest BCUT2D eigenvalue weighted by molar-refractivity contribution is -0.130. The number of hydrogen-bond donors (Lipinski definition) is 4. The largest absolute Gasteiger partial charge is 0.478 e. The molecule has 0 radical (unpaired) electrons. The third-order valence-corrected chi connectivity index (χ3v) is 4.46. The van der Waals surface area contributed by atoms with Gasteiger partial charge < -0.3 is 19.9 Å². The van der Waals surface area contributed by atoms with Crippen LogP contribution >= 0.6 is 11.6 Å². The number of carboxylic acids is 2. The van der Waals surface area contributed by atoms with Crippen molar-refractivity contribution < 1.29 is 29.3 Å². The number of aromatic amines is 1. The highest BCUT2D eigenvalue weighted by Crippen LogP contribution is 2.30.